The van der Waals surface area contributed by atoms with Gasteiger partial charge < -0.3 is 38.5 Å². The standard InChI is InChI=1S/C40H79N4O12PS3/c1-12-39(4,35(46)42-20-15-22-44(9,10)23-16-30-60(11,51)52)32-40(5,37(48)53-25-21-41-34(45)18-14-13-17-33(59)19-29-58)31-38(2,3)36(47)54-27-28-56-57(49,50)55-26-24-43(6,7)8/h33H,11-32H2,1-10H3,(H4-2,41,42,45,46,49,50,51,52,58,59)/p+2. The van der Waals surface area contributed by atoms with Crippen LogP contribution in [0.3, 0.4) is 0 Å². The van der Waals surface area contributed by atoms with Gasteiger partial charge in [-0.05, 0) is 70.9 Å². The van der Waals surface area contributed by atoms with E-state index in [9.17, 15) is 37.4 Å². The SMILES string of the molecule is C=S(=O)(O)CCC[N+](C)(C)CCCNC(=O)C(C)(CC)CC(C)(CC(C)(C)C(=O)OCCOP(=O)(O)OCC[N+](C)(C)C)C(=O)OCCNC(=O)CCCCC(S)CCS. The number of phosphoric ester groups is 1. The molecular formula is C40H81N4O12PS3+2. The third kappa shape index (κ3) is 26.9. The zero-order valence-electron chi connectivity index (χ0n) is 38.3. The zero-order valence-corrected chi connectivity index (χ0v) is 41.8. The van der Waals surface area contributed by atoms with Gasteiger partial charge in [0.1, 0.15) is 26.4 Å². The third-order valence-electron chi connectivity index (χ3n) is 10.3. The lowest BCUT2D eigenvalue weighted by Gasteiger charge is -2.40. The van der Waals surface area contributed by atoms with Gasteiger partial charge >= 0.3 is 19.8 Å². The molecule has 0 saturated carbocycles. The van der Waals surface area contributed by atoms with Gasteiger partial charge in [0.15, 0.2) is 0 Å². The minimum Gasteiger partial charge on any atom is -0.463 e. The smallest absolute Gasteiger partial charge is 0.463 e. The van der Waals surface area contributed by atoms with Gasteiger partial charge in [-0.15, -0.1) is 0 Å². The summed E-state index contributed by atoms with van der Waals surface area (Å²) in [6.45, 7) is 9.92. The van der Waals surface area contributed by atoms with E-state index in [-0.39, 0.29) is 62.0 Å². The normalized spacial score (nSPS) is 17.0. The average molecular weight is 937 g/mol. The molecule has 0 heterocycles. The molecule has 5 unspecified atom stereocenters. The molecule has 0 aromatic carbocycles. The van der Waals surface area contributed by atoms with Crippen molar-refractivity contribution in [1.82, 2.24) is 10.6 Å². The number of quaternary nitrogens is 2. The molecule has 2 amide bonds. The molecule has 0 saturated heterocycles. The van der Waals surface area contributed by atoms with Crippen LogP contribution in [-0.2, 0) is 52.1 Å². The van der Waals surface area contributed by atoms with Gasteiger partial charge in [-0.2, -0.15) is 25.3 Å². The minimum atomic E-state index is -4.38. The number of nitrogens with zero attached hydrogens (tertiary/aromatic N) is 2. The van der Waals surface area contributed by atoms with Crippen molar-refractivity contribution in [1.29, 1.82) is 0 Å². The molecule has 0 aliphatic carbocycles. The Bertz CT molecular complexity index is 1500. The molecule has 4 N–H and O–H groups in total. The fourth-order valence-electron chi connectivity index (χ4n) is 6.74. The largest absolute Gasteiger partial charge is 0.472 e. The fourth-order valence-corrected chi connectivity index (χ4v) is 8.84. The van der Waals surface area contributed by atoms with E-state index in [0.29, 0.717) is 67.2 Å². The van der Waals surface area contributed by atoms with Crippen molar-refractivity contribution >= 4 is 72.5 Å². The van der Waals surface area contributed by atoms with Crippen molar-refractivity contribution in [2.24, 2.45) is 16.2 Å². The van der Waals surface area contributed by atoms with Crippen LogP contribution in [0.2, 0.25) is 0 Å². The van der Waals surface area contributed by atoms with Crippen LogP contribution >= 0.6 is 33.1 Å². The van der Waals surface area contributed by atoms with Crippen molar-refractivity contribution in [2.75, 3.05) is 106 Å². The molecule has 5 atom stereocenters. The van der Waals surface area contributed by atoms with Gasteiger partial charge in [-0.25, -0.2) is 8.77 Å². The molecule has 0 radical (unpaired) electrons. The topological polar surface area (TPSA) is 204 Å². The maximum absolute atomic E-state index is 14.0. The van der Waals surface area contributed by atoms with E-state index in [2.05, 4.69) is 41.8 Å². The maximum atomic E-state index is 14.0. The summed E-state index contributed by atoms with van der Waals surface area (Å²) in [5.74, 6) is 2.42. The number of likely N-dealkylation sites (N-methyl/N-ethyl adjacent to an activating group) is 1. The molecule has 0 rings (SSSR count). The Kier molecular flexibility index (Phi) is 26.4. The molecule has 0 spiro atoms. The third-order valence-corrected chi connectivity index (χ3v) is 13.1. The lowest BCUT2D eigenvalue weighted by molar-refractivity contribution is -0.890. The Morgan fingerprint density at radius 3 is 1.98 bits per heavy atom. The van der Waals surface area contributed by atoms with Gasteiger partial charge in [-0.1, -0.05) is 20.3 Å². The first-order valence-corrected chi connectivity index (χ1v) is 25.4. The van der Waals surface area contributed by atoms with E-state index in [0.717, 1.165) is 25.0 Å². The molecule has 60 heavy (non-hydrogen) atoms. The van der Waals surface area contributed by atoms with Crippen molar-refractivity contribution in [3.8, 4) is 0 Å². The van der Waals surface area contributed by atoms with Gasteiger partial charge in [0.05, 0.1) is 82.1 Å². The second-order valence-electron chi connectivity index (χ2n) is 18.7. The van der Waals surface area contributed by atoms with Crippen LogP contribution in [0.4, 0.5) is 0 Å². The summed E-state index contributed by atoms with van der Waals surface area (Å²) in [6.07, 6.45) is 5.19. The van der Waals surface area contributed by atoms with Gasteiger partial charge in [0.2, 0.25) is 11.8 Å². The van der Waals surface area contributed by atoms with E-state index in [1.165, 1.54) is 0 Å². The van der Waals surface area contributed by atoms with Crippen LogP contribution in [0.5, 0.6) is 0 Å². The highest BCUT2D eigenvalue weighted by atomic mass is 32.2. The first-order chi connectivity index (χ1) is 27.4. The molecule has 0 aliphatic heterocycles. The number of hydrogen-bond donors (Lipinski definition) is 6. The van der Waals surface area contributed by atoms with E-state index >= 15 is 0 Å². The minimum absolute atomic E-state index is 0.0133. The number of thiol groups is 2. The lowest BCUT2D eigenvalue weighted by atomic mass is 9.64. The van der Waals surface area contributed by atoms with Crippen LogP contribution in [0.15, 0.2) is 0 Å². The second kappa shape index (κ2) is 27.0. The Labute approximate surface area is 372 Å². The Morgan fingerprint density at radius 2 is 1.40 bits per heavy atom. The summed E-state index contributed by atoms with van der Waals surface area (Å²) < 4.78 is 55.6. The van der Waals surface area contributed by atoms with Gasteiger partial charge in [0, 0.05) is 42.2 Å². The number of nitrogens with one attached hydrogen (secondary N) is 2. The first-order valence-electron chi connectivity index (χ1n) is 20.9. The highest BCUT2D eigenvalue weighted by Crippen LogP contribution is 2.46. The Balaban J connectivity index is 5.76. The Hall–Kier alpha value is -1.41. The van der Waals surface area contributed by atoms with Gasteiger partial charge in [0.25, 0.3) is 0 Å². The Morgan fingerprint density at radius 1 is 0.800 bits per heavy atom. The predicted molar refractivity (Wildman–Crippen MR) is 246 cm³/mol. The van der Waals surface area contributed by atoms with E-state index in [4.69, 9.17) is 18.5 Å². The van der Waals surface area contributed by atoms with Crippen LogP contribution in [-0.4, -0.2) is 163 Å². The van der Waals surface area contributed by atoms with Crippen molar-refractivity contribution < 1.29 is 64.9 Å². The summed E-state index contributed by atoms with van der Waals surface area (Å²) in [6, 6.07) is 0. The summed E-state index contributed by atoms with van der Waals surface area (Å²) in [5, 5.41) is 6.06. The van der Waals surface area contributed by atoms with Gasteiger partial charge in [-0.3, -0.25) is 28.2 Å². The fraction of sp³-hybridized carbons (Fsp3) is 0.875. The molecule has 354 valence electrons. The first kappa shape index (κ1) is 58.6. The average Bonchev–Trinajstić information content (AvgIpc) is 3.10. The van der Waals surface area contributed by atoms with Crippen LogP contribution in [0, 0.1) is 16.2 Å². The quantitative estimate of drug-likeness (QED) is 0.0131. The highest BCUT2D eigenvalue weighted by molar-refractivity contribution is 7.95. The van der Waals surface area contributed by atoms with Crippen molar-refractivity contribution in [2.45, 2.75) is 104 Å². The number of phosphoric acid groups is 1. The van der Waals surface area contributed by atoms with Crippen molar-refractivity contribution in [3.05, 3.63) is 0 Å². The zero-order chi connectivity index (χ0) is 46.5. The summed E-state index contributed by atoms with van der Waals surface area (Å²) in [4.78, 5) is 63.8. The molecule has 0 aromatic rings. The number of rotatable bonds is 34. The summed E-state index contributed by atoms with van der Waals surface area (Å²) in [5.41, 5.74) is -3.71. The molecule has 0 aliphatic rings. The molecule has 0 fully saturated rings. The molecule has 0 bridgehead atoms. The molecular weight excluding hydrogens is 856 g/mol. The molecule has 0 aromatic heterocycles. The maximum Gasteiger partial charge on any atom is 0.472 e. The number of esters is 2. The summed E-state index contributed by atoms with van der Waals surface area (Å²) in [7, 11) is 2.33. The van der Waals surface area contributed by atoms with E-state index in [1.807, 2.05) is 42.2 Å². The highest BCUT2D eigenvalue weighted by Gasteiger charge is 2.49. The second-order valence-corrected chi connectivity index (χ2v) is 23.3. The van der Waals surface area contributed by atoms with Crippen molar-refractivity contribution in [3.63, 3.8) is 0 Å². The number of amides is 2. The van der Waals surface area contributed by atoms with E-state index in [1.54, 1.807) is 27.7 Å². The monoisotopic (exact) mass is 936 g/mol. The van der Waals surface area contributed by atoms with Crippen LogP contribution in [0.25, 0.3) is 0 Å². The number of ether oxygens (including phenoxy) is 2. The number of hydrogen-bond acceptors (Lipinski definition) is 12. The van der Waals surface area contributed by atoms with E-state index < -0.39 is 52.4 Å². The number of carbonyl (C=O) groups is 4. The molecule has 16 nitrogen and oxygen atoms in total. The number of carbonyl (C=O) groups excluding carboxylic acids is 4. The van der Waals surface area contributed by atoms with Crippen LogP contribution in [0.1, 0.15) is 98.8 Å². The molecule has 20 heteroatoms. The summed E-state index contributed by atoms with van der Waals surface area (Å²) >= 11 is 8.76. The lowest BCUT2D eigenvalue weighted by Crippen LogP contribution is -2.48. The number of unbranched alkanes of at least 4 members (excludes halogenated alkanes) is 1. The van der Waals surface area contributed by atoms with Crippen LogP contribution < -0.4 is 10.6 Å². The predicted octanol–water partition coefficient (Wildman–Crippen LogP) is 4.60.